The molecule has 0 spiro atoms. The molecule has 3 aromatic rings. The zero-order valence-corrected chi connectivity index (χ0v) is 16.7. The molecule has 0 aliphatic rings. The molecule has 0 N–H and O–H groups in total. The molecule has 156 valence electrons. The van der Waals surface area contributed by atoms with Gasteiger partial charge in [0, 0.05) is 31.3 Å². The number of ether oxygens (including phenoxy) is 1. The molecule has 0 aliphatic carbocycles. The second-order valence-electron chi connectivity index (χ2n) is 6.75. The summed E-state index contributed by atoms with van der Waals surface area (Å²) in [7, 11) is 0. The molecule has 30 heavy (non-hydrogen) atoms. The molecule has 3 rings (SSSR count). The second-order valence-corrected chi connectivity index (χ2v) is 6.75. The van der Waals surface area contributed by atoms with Gasteiger partial charge in [0.05, 0.1) is 11.7 Å². The Hall–Kier alpha value is -3.75. The largest absolute Gasteiger partial charge is 0.459 e. The number of imidazole rings is 1. The van der Waals surface area contributed by atoms with Crippen molar-refractivity contribution in [2.24, 2.45) is 0 Å². The number of nitrogens with zero attached hydrogens (tertiary/aromatic N) is 5. The molecule has 1 unspecified atom stereocenters. The van der Waals surface area contributed by atoms with E-state index in [-0.39, 0.29) is 23.8 Å². The number of carbonyl (C=O) groups excluding carboxylic acids is 1. The Morgan fingerprint density at radius 2 is 2.07 bits per heavy atom. The average Bonchev–Trinajstić information content (AvgIpc) is 3.18. The lowest BCUT2D eigenvalue weighted by Gasteiger charge is -2.13. The molecule has 3 heterocycles. The first kappa shape index (κ1) is 21.0. The van der Waals surface area contributed by atoms with Gasteiger partial charge in [0.1, 0.15) is 6.33 Å². The predicted molar refractivity (Wildman–Crippen MR) is 114 cm³/mol. The zero-order chi connectivity index (χ0) is 21.7. The third-order valence-corrected chi connectivity index (χ3v) is 4.71. The van der Waals surface area contributed by atoms with E-state index in [0.29, 0.717) is 24.8 Å². The van der Waals surface area contributed by atoms with Crippen molar-refractivity contribution in [3.63, 3.8) is 0 Å². The van der Waals surface area contributed by atoms with Gasteiger partial charge < -0.3 is 9.30 Å². The van der Waals surface area contributed by atoms with E-state index in [1.807, 2.05) is 0 Å². The summed E-state index contributed by atoms with van der Waals surface area (Å²) in [6.45, 7) is 9.33. The number of carbonyl (C=O) groups is 1. The van der Waals surface area contributed by atoms with Crippen molar-refractivity contribution in [1.82, 2.24) is 23.7 Å². The predicted octanol–water partition coefficient (Wildman–Crippen LogP) is 2.37. The number of esters is 1. The van der Waals surface area contributed by atoms with Crippen molar-refractivity contribution in [2.45, 2.75) is 38.8 Å². The molecular weight excluding hydrogens is 386 g/mol. The molecule has 0 aromatic carbocycles. The monoisotopic (exact) mass is 409 g/mol. The molecule has 9 heteroatoms. The molecule has 0 radical (unpaired) electrons. The molecule has 0 saturated carbocycles. The van der Waals surface area contributed by atoms with Gasteiger partial charge in [-0.05, 0) is 38.3 Å². The van der Waals surface area contributed by atoms with E-state index in [1.165, 1.54) is 34.1 Å². The Kier molecular flexibility index (Phi) is 6.41. The minimum absolute atomic E-state index is 0.229. The number of hydrogen-bond acceptors (Lipinski definition) is 6. The zero-order valence-electron chi connectivity index (χ0n) is 16.7. The van der Waals surface area contributed by atoms with Crippen LogP contribution in [0.25, 0.3) is 23.6 Å². The van der Waals surface area contributed by atoms with E-state index in [1.54, 1.807) is 25.3 Å². The Morgan fingerprint density at radius 3 is 2.73 bits per heavy atom. The summed E-state index contributed by atoms with van der Waals surface area (Å²) in [4.78, 5) is 45.5. The van der Waals surface area contributed by atoms with Crippen LogP contribution in [0.15, 0.2) is 53.6 Å². The molecule has 0 amide bonds. The van der Waals surface area contributed by atoms with Crippen molar-refractivity contribution >= 4 is 29.5 Å². The lowest BCUT2D eigenvalue weighted by Crippen LogP contribution is -2.39. The maximum atomic E-state index is 12.8. The smallest absolute Gasteiger partial charge is 0.339 e. The van der Waals surface area contributed by atoms with Crippen LogP contribution in [0.5, 0.6) is 0 Å². The number of fused-ring (bicyclic) bond motifs is 1. The molecule has 3 aromatic heterocycles. The van der Waals surface area contributed by atoms with E-state index < -0.39 is 17.2 Å². The summed E-state index contributed by atoms with van der Waals surface area (Å²) in [6.07, 6.45) is 8.79. The number of rotatable bonds is 9. The third-order valence-electron chi connectivity index (χ3n) is 4.71. The van der Waals surface area contributed by atoms with Gasteiger partial charge in [-0.25, -0.2) is 14.6 Å². The van der Waals surface area contributed by atoms with Gasteiger partial charge >= 0.3 is 11.7 Å². The minimum Gasteiger partial charge on any atom is -0.459 e. The number of pyridine rings is 1. The standard InChI is InChI=1S/C21H23N5O4/c1-4-24-14-23-18-17(24)19(27)26(21(29)25(18)5-2)12-7-6-9-15(3)30-20(28)16-10-8-11-22-13-16/h4-5,8,10-11,13-15H,1-2,6-7,9,12H2,3H3. The SMILES string of the molecule is C=Cn1cnc2c1c(=O)n(CCCCC(C)OC(=O)c1cccnc1)c(=O)n2C=C. The average molecular weight is 409 g/mol. The Bertz CT molecular complexity index is 1190. The van der Waals surface area contributed by atoms with E-state index in [4.69, 9.17) is 4.74 Å². The lowest BCUT2D eigenvalue weighted by atomic mass is 10.1. The summed E-state index contributed by atoms with van der Waals surface area (Å²) in [5.74, 6) is -0.427. The van der Waals surface area contributed by atoms with E-state index in [9.17, 15) is 14.4 Å². The quantitative estimate of drug-likeness (QED) is 0.397. The highest BCUT2D eigenvalue weighted by molar-refractivity contribution is 5.89. The van der Waals surface area contributed by atoms with Crippen molar-refractivity contribution in [3.05, 3.63) is 70.4 Å². The molecule has 0 bridgehead atoms. The Labute approximate surface area is 172 Å². The van der Waals surface area contributed by atoms with E-state index in [2.05, 4.69) is 23.1 Å². The van der Waals surface area contributed by atoms with Gasteiger partial charge in [-0.15, -0.1) is 0 Å². The summed E-state index contributed by atoms with van der Waals surface area (Å²) >= 11 is 0. The minimum atomic E-state index is -0.493. The van der Waals surface area contributed by atoms with Crippen LogP contribution in [0.4, 0.5) is 0 Å². The molecule has 0 fully saturated rings. The van der Waals surface area contributed by atoms with Crippen LogP contribution >= 0.6 is 0 Å². The van der Waals surface area contributed by atoms with Crippen molar-refractivity contribution < 1.29 is 9.53 Å². The van der Waals surface area contributed by atoms with Crippen LogP contribution < -0.4 is 11.2 Å². The summed E-state index contributed by atoms with van der Waals surface area (Å²) in [5.41, 5.74) is -0.0159. The van der Waals surface area contributed by atoms with Crippen LogP contribution in [0, 0.1) is 0 Å². The lowest BCUT2D eigenvalue weighted by molar-refractivity contribution is 0.0318. The first-order valence-corrected chi connectivity index (χ1v) is 9.56. The Morgan fingerprint density at radius 1 is 1.27 bits per heavy atom. The summed E-state index contributed by atoms with van der Waals surface area (Å²) in [5, 5.41) is 0. The maximum absolute atomic E-state index is 12.8. The van der Waals surface area contributed by atoms with Crippen molar-refractivity contribution in [1.29, 1.82) is 0 Å². The van der Waals surface area contributed by atoms with Crippen molar-refractivity contribution in [2.75, 3.05) is 0 Å². The number of hydrogen-bond donors (Lipinski definition) is 0. The first-order valence-electron chi connectivity index (χ1n) is 9.56. The van der Waals surface area contributed by atoms with Crippen LogP contribution in [0.3, 0.4) is 0 Å². The maximum Gasteiger partial charge on any atom is 0.339 e. The molecule has 9 nitrogen and oxygen atoms in total. The topological polar surface area (TPSA) is 101 Å². The van der Waals surface area contributed by atoms with Gasteiger partial charge in [0.2, 0.25) is 0 Å². The fraction of sp³-hybridized carbons (Fsp3) is 0.286. The highest BCUT2D eigenvalue weighted by Gasteiger charge is 2.16. The summed E-state index contributed by atoms with van der Waals surface area (Å²) in [6, 6.07) is 3.31. The van der Waals surface area contributed by atoms with Gasteiger partial charge in [0.15, 0.2) is 11.2 Å². The van der Waals surface area contributed by atoms with Crippen LogP contribution in [-0.2, 0) is 11.3 Å². The normalized spacial score (nSPS) is 11.9. The van der Waals surface area contributed by atoms with Crippen LogP contribution in [0.2, 0.25) is 0 Å². The third kappa shape index (κ3) is 4.14. The van der Waals surface area contributed by atoms with Crippen molar-refractivity contribution in [3.8, 4) is 0 Å². The molecule has 0 saturated heterocycles. The van der Waals surface area contributed by atoms with Gasteiger partial charge in [-0.1, -0.05) is 13.2 Å². The first-order chi connectivity index (χ1) is 14.5. The highest BCUT2D eigenvalue weighted by atomic mass is 16.5. The van der Waals surface area contributed by atoms with Crippen LogP contribution in [0.1, 0.15) is 36.5 Å². The van der Waals surface area contributed by atoms with Gasteiger partial charge in [-0.3, -0.25) is 18.9 Å². The fourth-order valence-corrected chi connectivity index (χ4v) is 3.16. The molecule has 0 aliphatic heterocycles. The van der Waals surface area contributed by atoms with Gasteiger partial charge in [0.25, 0.3) is 5.56 Å². The molecule has 1 atom stereocenters. The number of unbranched alkanes of at least 4 members (excludes halogenated alkanes) is 1. The van der Waals surface area contributed by atoms with E-state index >= 15 is 0 Å². The summed E-state index contributed by atoms with van der Waals surface area (Å²) < 4.78 is 9.29. The number of aromatic nitrogens is 5. The Balaban J connectivity index is 1.65. The highest BCUT2D eigenvalue weighted by Crippen LogP contribution is 2.10. The second kappa shape index (κ2) is 9.17. The fourth-order valence-electron chi connectivity index (χ4n) is 3.16. The van der Waals surface area contributed by atoms with Gasteiger partial charge in [-0.2, -0.15) is 0 Å². The van der Waals surface area contributed by atoms with E-state index in [0.717, 1.165) is 4.57 Å². The molecular formula is C21H23N5O4. The van der Waals surface area contributed by atoms with Crippen LogP contribution in [-0.4, -0.2) is 35.7 Å².